The zero-order chi connectivity index (χ0) is 21.6. The number of nitrogens with one attached hydrogen (secondary N) is 1. The second-order valence-corrected chi connectivity index (χ2v) is 8.72. The number of ether oxygens (including phenoxy) is 3. The predicted octanol–water partition coefficient (Wildman–Crippen LogP) is 4.74. The lowest BCUT2D eigenvalue weighted by atomic mass is 10.2. The average molecular weight is 555 g/mol. The summed E-state index contributed by atoms with van der Waals surface area (Å²) in [6, 6.07) is 9.61. The Morgan fingerprint density at radius 3 is 2.77 bits per heavy atom. The van der Waals surface area contributed by atoms with Crippen LogP contribution in [0.3, 0.4) is 0 Å². The summed E-state index contributed by atoms with van der Waals surface area (Å²) in [5, 5.41) is 4.87. The third kappa shape index (κ3) is 5.68. The molecule has 2 heterocycles. The molecule has 0 amide bonds. The van der Waals surface area contributed by atoms with Gasteiger partial charge in [-0.1, -0.05) is 11.6 Å². The molecule has 1 aliphatic rings. The van der Waals surface area contributed by atoms with Gasteiger partial charge in [-0.25, -0.2) is 9.97 Å². The van der Waals surface area contributed by atoms with Gasteiger partial charge in [-0.3, -0.25) is 4.90 Å². The van der Waals surface area contributed by atoms with Crippen molar-refractivity contribution in [1.29, 1.82) is 0 Å². The van der Waals surface area contributed by atoms with Crippen molar-refractivity contribution in [2.24, 2.45) is 0 Å². The van der Waals surface area contributed by atoms with Gasteiger partial charge in [0, 0.05) is 40.3 Å². The standard InChI is InChI=1S/C22H24ClIN4O3/c1-29-20-13-19-16(12-21(20)31-8-2-5-28-6-9-30-10-7-28)22(26-14-25-19)27-15-3-4-18(24)17(23)11-15/h3-4,11-14H,2,5-10H2,1H3,(H,25,26,27). The molecule has 1 fully saturated rings. The molecule has 4 rings (SSSR count). The minimum atomic E-state index is 0.600. The number of hydrogen-bond acceptors (Lipinski definition) is 7. The molecule has 1 aliphatic heterocycles. The predicted molar refractivity (Wildman–Crippen MR) is 131 cm³/mol. The van der Waals surface area contributed by atoms with Crippen LogP contribution in [-0.4, -0.2) is 61.4 Å². The fourth-order valence-corrected chi connectivity index (χ4v) is 3.96. The topological polar surface area (TPSA) is 68.7 Å². The fourth-order valence-electron chi connectivity index (χ4n) is 3.44. The molecule has 2 aromatic carbocycles. The lowest BCUT2D eigenvalue weighted by molar-refractivity contribution is 0.0357. The molecule has 1 saturated heterocycles. The maximum Gasteiger partial charge on any atom is 0.162 e. The van der Waals surface area contributed by atoms with E-state index in [0.29, 0.717) is 28.9 Å². The minimum absolute atomic E-state index is 0.600. The summed E-state index contributed by atoms with van der Waals surface area (Å²) in [6.45, 7) is 5.16. The molecule has 0 atom stereocenters. The first kappa shape index (κ1) is 22.3. The van der Waals surface area contributed by atoms with Crippen LogP contribution in [-0.2, 0) is 4.74 Å². The number of aromatic nitrogens is 2. The molecular weight excluding hydrogens is 531 g/mol. The van der Waals surface area contributed by atoms with E-state index in [-0.39, 0.29) is 0 Å². The fraction of sp³-hybridized carbons (Fsp3) is 0.364. The number of rotatable bonds is 8. The van der Waals surface area contributed by atoms with Gasteiger partial charge >= 0.3 is 0 Å². The van der Waals surface area contributed by atoms with Crippen LogP contribution in [0, 0.1) is 3.57 Å². The third-order valence-electron chi connectivity index (χ3n) is 5.08. The molecule has 0 bridgehead atoms. The number of anilines is 2. The van der Waals surface area contributed by atoms with Crippen molar-refractivity contribution in [3.05, 3.63) is 45.3 Å². The average Bonchev–Trinajstić information content (AvgIpc) is 2.79. The van der Waals surface area contributed by atoms with Crippen molar-refractivity contribution in [1.82, 2.24) is 14.9 Å². The van der Waals surface area contributed by atoms with Crippen LogP contribution in [0.25, 0.3) is 10.9 Å². The van der Waals surface area contributed by atoms with Crippen LogP contribution in [0.2, 0.25) is 5.02 Å². The first-order valence-electron chi connectivity index (χ1n) is 10.1. The summed E-state index contributed by atoms with van der Waals surface area (Å²) >= 11 is 8.47. The first-order valence-corrected chi connectivity index (χ1v) is 11.6. The number of hydrogen-bond donors (Lipinski definition) is 1. The van der Waals surface area contributed by atoms with E-state index in [0.717, 1.165) is 59.4 Å². The number of nitrogens with zero attached hydrogens (tertiary/aromatic N) is 3. The zero-order valence-corrected chi connectivity index (χ0v) is 20.1. The van der Waals surface area contributed by atoms with Crippen molar-refractivity contribution < 1.29 is 14.2 Å². The molecule has 0 aliphatic carbocycles. The Morgan fingerprint density at radius 2 is 2.00 bits per heavy atom. The Hall–Kier alpha value is -1.88. The molecule has 31 heavy (non-hydrogen) atoms. The van der Waals surface area contributed by atoms with Crippen LogP contribution < -0.4 is 14.8 Å². The quantitative estimate of drug-likeness (QED) is 0.319. The Kier molecular flexibility index (Phi) is 7.65. The number of fused-ring (bicyclic) bond motifs is 1. The van der Waals surface area contributed by atoms with Crippen LogP contribution in [0.15, 0.2) is 36.7 Å². The summed E-state index contributed by atoms with van der Waals surface area (Å²) in [4.78, 5) is 11.2. The molecule has 0 radical (unpaired) electrons. The Morgan fingerprint density at radius 1 is 1.16 bits per heavy atom. The van der Waals surface area contributed by atoms with Gasteiger partial charge in [0.2, 0.25) is 0 Å². The molecule has 0 saturated carbocycles. The highest BCUT2D eigenvalue weighted by Crippen LogP contribution is 2.35. The van der Waals surface area contributed by atoms with E-state index >= 15 is 0 Å². The van der Waals surface area contributed by atoms with Gasteiger partial charge in [0.05, 0.1) is 37.5 Å². The summed E-state index contributed by atoms with van der Waals surface area (Å²) < 4.78 is 18.0. The Bertz CT molecular complexity index is 1050. The van der Waals surface area contributed by atoms with E-state index in [9.17, 15) is 0 Å². The first-order chi connectivity index (χ1) is 15.1. The number of halogens is 2. The van der Waals surface area contributed by atoms with Crippen molar-refractivity contribution in [3.63, 3.8) is 0 Å². The van der Waals surface area contributed by atoms with Gasteiger partial charge in [0.25, 0.3) is 0 Å². The molecule has 164 valence electrons. The van der Waals surface area contributed by atoms with E-state index in [4.69, 9.17) is 25.8 Å². The second-order valence-electron chi connectivity index (χ2n) is 7.15. The molecule has 7 nitrogen and oxygen atoms in total. The Labute approximate surface area is 200 Å². The molecule has 1 N–H and O–H groups in total. The van der Waals surface area contributed by atoms with E-state index in [1.54, 1.807) is 7.11 Å². The zero-order valence-electron chi connectivity index (χ0n) is 17.2. The SMILES string of the molecule is COc1cc2ncnc(Nc3ccc(I)c(Cl)c3)c2cc1OCCCN1CCOCC1. The van der Waals surface area contributed by atoms with Gasteiger partial charge in [0.15, 0.2) is 11.5 Å². The normalized spacial score (nSPS) is 14.5. The molecule has 3 aromatic rings. The van der Waals surface area contributed by atoms with Gasteiger partial charge < -0.3 is 19.5 Å². The van der Waals surface area contributed by atoms with Crippen molar-refractivity contribution in [2.45, 2.75) is 6.42 Å². The highest BCUT2D eigenvalue weighted by Gasteiger charge is 2.13. The van der Waals surface area contributed by atoms with E-state index in [2.05, 4.69) is 42.8 Å². The van der Waals surface area contributed by atoms with E-state index < -0.39 is 0 Å². The summed E-state index contributed by atoms with van der Waals surface area (Å²) in [5.74, 6) is 2.01. The Balaban J connectivity index is 1.51. The van der Waals surface area contributed by atoms with Crippen molar-refractivity contribution >= 4 is 56.6 Å². The molecule has 0 spiro atoms. The number of morpholine rings is 1. The van der Waals surface area contributed by atoms with Gasteiger partial charge in [-0.05, 0) is 53.3 Å². The smallest absolute Gasteiger partial charge is 0.162 e. The van der Waals surface area contributed by atoms with Gasteiger partial charge in [0.1, 0.15) is 12.1 Å². The van der Waals surface area contributed by atoms with Crippen molar-refractivity contribution in [3.8, 4) is 11.5 Å². The monoisotopic (exact) mass is 554 g/mol. The highest BCUT2D eigenvalue weighted by molar-refractivity contribution is 14.1. The number of benzene rings is 2. The van der Waals surface area contributed by atoms with E-state index in [1.807, 2.05) is 30.3 Å². The maximum absolute atomic E-state index is 6.26. The van der Waals surface area contributed by atoms with Gasteiger partial charge in [-0.2, -0.15) is 0 Å². The molecule has 9 heteroatoms. The van der Waals surface area contributed by atoms with Crippen LogP contribution >= 0.6 is 34.2 Å². The summed E-state index contributed by atoms with van der Waals surface area (Å²) in [5.41, 5.74) is 1.63. The minimum Gasteiger partial charge on any atom is -0.493 e. The maximum atomic E-state index is 6.26. The lowest BCUT2D eigenvalue weighted by Gasteiger charge is -2.26. The number of methoxy groups -OCH3 is 1. The molecule has 0 unspecified atom stereocenters. The summed E-state index contributed by atoms with van der Waals surface area (Å²) in [6.07, 6.45) is 2.46. The van der Waals surface area contributed by atoms with E-state index in [1.165, 1.54) is 6.33 Å². The highest BCUT2D eigenvalue weighted by atomic mass is 127. The third-order valence-corrected chi connectivity index (χ3v) is 6.66. The second kappa shape index (κ2) is 10.6. The van der Waals surface area contributed by atoms with Gasteiger partial charge in [-0.15, -0.1) is 0 Å². The van der Waals surface area contributed by atoms with Crippen molar-refractivity contribution in [2.75, 3.05) is 51.9 Å². The largest absolute Gasteiger partial charge is 0.493 e. The summed E-state index contributed by atoms with van der Waals surface area (Å²) in [7, 11) is 1.63. The lowest BCUT2D eigenvalue weighted by Crippen LogP contribution is -2.37. The molecular formula is C22H24ClIN4O3. The molecule has 1 aromatic heterocycles. The van der Waals surface area contributed by atoms with Crippen LogP contribution in [0.4, 0.5) is 11.5 Å². The van der Waals surface area contributed by atoms with Crippen LogP contribution in [0.1, 0.15) is 6.42 Å². The van der Waals surface area contributed by atoms with Crippen LogP contribution in [0.5, 0.6) is 11.5 Å².